The maximum Gasteiger partial charge on any atom is 0.270 e. The number of nitrogens with one attached hydrogen (secondary N) is 1. The molecule has 8 heteroatoms. The average molecular weight is 440 g/mol. The summed E-state index contributed by atoms with van der Waals surface area (Å²) in [4.78, 5) is 29.4. The van der Waals surface area contributed by atoms with E-state index in [0.29, 0.717) is 22.7 Å². The molecule has 2 aromatic rings. The van der Waals surface area contributed by atoms with Gasteiger partial charge in [-0.2, -0.15) is 0 Å². The topological polar surface area (TPSA) is 71.1 Å². The summed E-state index contributed by atoms with van der Waals surface area (Å²) >= 11 is 5.27. The molecule has 0 spiro atoms. The fourth-order valence-electron chi connectivity index (χ4n) is 3.45. The zero-order valence-electron chi connectivity index (χ0n) is 18.0. The molecule has 0 atom stereocenters. The number of ether oxygens (including phenoxy) is 2. The predicted molar refractivity (Wildman–Crippen MR) is 126 cm³/mol. The predicted octanol–water partition coefficient (Wildman–Crippen LogP) is 3.38. The molecule has 0 saturated carbocycles. The van der Waals surface area contributed by atoms with Crippen molar-refractivity contribution in [3.63, 3.8) is 0 Å². The number of para-hydroxylation sites is 2. The van der Waals surface area contributed by atoms with Gasteiger partial charge in [0.05, 0.1) is 19.9 Å². The average Bonchev–Trinajstić information content (AvgIpc) is 2.78. The van der Waals surface area contributed by atoms with Crippen molar-refractivity contribution < 1.29 is 19.1 Å². The van der Waals surface area contributed by atoms with E-state index in [1.807, 2.05) is 18.2 Å². The van der Waals surface area contributed by atoms with Crippen LogP contribution in [0.1, 0.15) is 19.4 Å². The van der Waals surface area contributed by atoms with Crippen LogP contribution in [0.15, 0.2) is 48.0 Å². The first-order valence-corrected chi connectivity index (χ1v) is 10.3. The quantitative estimate of drug-likeness (QED) is 0.405. The molecule has 0 aromatic heterocycles. The monoisotopic (exact) mass is 439 g/mol. The number of anilines is 2. The van der Waals surface area contributed by atoms with Gasteiger partial charge < -0.3 is 14.4 Å². The molecule has 3 rings (SSSR count). The van der Waals surface area contributed by atoms with Gasteiger partial charge >= 0.3 is 0 Å². The van der Waals surface area contributed by atoms with Crippen molar-refractivity contribution >= 4 is 46.6 Å². The lowest BCUT2D eigenvalue weighted by molar-refractivity contribution is -0.122. The number of amides is 2. The first-order chi connectivity index (χ1) is 14.9. The fourth-order valence-corrected chi connectivity index (χ4v) is 3.72. The molecule has 2 amide bonds. The third-order valence-corrected chi connectivity index (χ3v) is 5.36. The van der Waals surface area contributed by atoms with Crippen molar-refractivity contribution in [3.05, 3.63) is 53.6 Å². The third kappa shape index (κ3) is 4.39. The molecule has 0 unspecified atom stereocenters. The first-order valence-electron chi connectivity index (χ1n) is 9.92. The van der Waals surface area contributed by atoms with Crippen LogP contribution in [0.2, 0.25) is 0 Å². The van der Waals surface area contributed by atoms with Crippen molar-refractivity contribution in [1.82, 2.24) is 5.32 Å². The second-order valence-electron chi connectivity index (χ2n) is 6.73. The number of nitrogens with zero attached hydrogens (tertiary/aromatic N) is 2. The van der Waals surface area contributed by atoms with E-state index < -0.39 is 11.8 Å². The van der Waals surface area contributed by atoms with E-state index in [2.05, 4.69) is 24.1 Å². The summed E-state index contributed by atoms with van der Waals surface area (Å²) in [6.07, 6.45) is 1.52. The first kappa shape index (κ1) is 22.3. The molecule has 0 aliphatic carbocycles. The molecule has 1 N–H and O–H groups in total. The van der Waals surface area contributed by atoms with Gasteiger partial charge in [-0.1, -0.05) is 12.1 Å². The van der Waals surface area contributed by atoms with Crippen molar-refractivity contribution in [1.29, 1.82) is 0 Å². The largest absolute Gasteiger partial charge is 0.496 e. The Morgan fingerprint density at radius 3 is 2.35 bits per heavy atom. The lowest BCUT2D eigenvalue weighted by atomic mass is 10.1. The van der Waals surface area contributed by atoms with Crippen LogP contribution in [0, 0.1) is 0 Å². The summed E-state index contributed by atoms with van der Waals surface area (Å²) in [5, 5.41) is 2.59. The summed E-state index contributed by atoms with van der Waals surface area (Å²) in [7, 11) is 3.07. The number of hydrogen-bond donors (Lipinski definition) is 1. The molecule has 7 nitrogen and oxygen atoms in total. The SMILES string of the molecule is CCN(CC)c1ccc(/C=C2\C(=O)NC(=S)N(c3ccccc3OC)C2=O)c(OC)c1. The Bertz CT molecular complexity index is 1050. The number of methoxy groups -OCH3 is 2. The van der Waals surface area contributed by atoms with E-state index in [9.17, 15) is 9.59 Å². The van der Waals surface area contributed by atoms with Gasteiger partial charge in [0.1, 0.15) is 17.1 Å². The fraction of sp³-hybridized carbons (Fsp3) is 0.261. The van der Waals surface area contributed by atoms with Crippen LogP contribution in [0.4, 0.5) is 11.4 Å². The van der Waals surface area contributed by atoms with Crippen molar-refractivity contribution in [2.75, 3.05) is 37.1 Å². The minimum atomic E-state index is -0.559. The summed E-state index contributed by atoms with van der Waals surface area (Å²) in [6.45, 7) is 5.86. The van der Waals surface area contributed by atoms with E-state index in [1.165, 1.54) is 18.1 Å². The zero-order valence-corrected chi connectivity index (χ0v) is 18.8. The highest BCUT2D eigenvalue weighted by molar-refractivity contribution is 7.80. The minimum absolute atomic E-state index is 0.000460. The standard InChI is InChI=1S/C23H25N3O4S/c1-5-25(6-2)16-12-11-15(20(14-16)30-4)13-17-21(27)24-23(31)26(22(17)28)18-9-7-8-10-19(18)29-3/h7-14H,5-6H2,1-4H3,(H,24,27,31)/b17-13+. The van der Waals surface area contributed by atoms with Gasteiger partial charge in [0, 0.05) is 30.4 Å². The summed E-state index contributed by atoms with van der Waals surface area (Å²) in [5.74, 6) is -0.0616. The molecular formula is C23H25N3O4S. The van der Waals surface area contributed by atoms with Gasteiger partial charge in [0.25, 0.3) is 11.8 Å². The number of carbonyl (C=O) groups is 2. The van der Waals surface area contributed by atoms with E-state index in [4.69, 9.17) is 21.7 Å². The molecule has 1 aliphatic heterocycles. The van der Waals surface area contributed by atoms with Crippen LogP contribution >= 0.6 is 12.2 Å². The molecule has 1 saturated heterocycles. The third-order valence-electron chi connectivity index (χ3n) is 5.07. The second-order valence-corrected chi connectivity index (χ2v) is 7.11. The molecule has 31 heavy (non-hydrogen) atoms. The number of rotatable bonds is 7. The second kappa shape index (κ2) is 9.61. The van der Waals surface area contributed by atoms with Crippen molar-refractivity contribution in [3.8, 4) is 11.5 Å². The smallest absolute Gasteiger partial charge is 0.270 e. The Kier molecular flexibility index (Phi) is 6.91. The zero-order chi connectivity index (χ0) is 22.5. The molecule has 0 bridgehead atoms. The van der Waals surface area contributed by atoms with Crippen LogP contribution in [0.25, 0.3) is 6.08 Å². The molecule has 162 valence electrons. The van der Waals surface area contributed by atoms with Crippen LogP contribution in [0.3, 0.4) is 0 Å². The Balaban J connectivity index is 2.04. The van der Waals surface area contributed by atoms with Gasteiger partial charge in [-0.15, -0.1) is 0 Å². The normalized spacial score (nSPS) is 15.2. The Morgan fingerprint density at radius 1 is 1.03 bits per heavy atom. The number of thiocarbonyl (C=S) groups is 1. The molecule has 1 fully saturated rings. The number of carbonyl (C=O) groups excluding carboxylic acids is 2. The van der Waals surface area contributed by atoms with Crippen LogP contribution in [-0.4, -0.2) is 44.2 Å². The highest BCUT2D eigenvalue weighted by Crippen LogP contribution is 2.32. The molecule has 0 radical (unpaired) electrons. The number of benzene rings is 2. The molecule has 1 aliphatic rings. The van der Waals surface area contributed by atoms with Gasteiger partial charge in [-0.25, -0.2) is 4.90 Å². The maximum atomic E-state index is 13.3. The van der Waals surface area contributed by atoms with Crippen LogP contribution in [0.5, 0.6) is 11.5 Å². The van der Waals surface area contributed by atoms with E-state index in [0.717, 1.165) is 18.8 Å². The molecule has 2 aromatic carbocycles. The highest BCUT2D eigenvalue weighted by Gasteiger charge is 2.36. The van der Waals surface area contributed by atoms with E-state index in [-0.39, 0.29) is 10.7 Å². The summed E-state index contributed by atoms with van der Waals surface area (Å²) < 4.78 is 10.9. The molecule has 1 heterocycles. The van der Waals surface area contributed by atoms with E-state index >= 15 is 0 Å². The minimum Gasteiger partial charge on any atom is -0.496 e. The highest BCUT2D eigenvalue weighted by atomic mass is 32.1. The van der Waals surface area contributed by atoms with Gasteiger partial charge in [0.2, 0.25) is 0 Å². The van der Waals surface area contributed by atoms with Crippen molar-refractivity contribution in [2.24, 2.45) is 0 Å². The van der Waals surface area contributed by atoms with Crippen LogP contribution < -0.4 is 24.6 Å². The number of hydrogen-bond acceptors (Lipinski definition) is 6. The Labute approximate surface area is 187 Å². The maximum absolute atomic E-state index is 13.3. The van der Waals surface area contributed by atoms with Gasteiger partial charge in [0.15, 0.2) is 5.11 Å². The Hall–Kier alpha value is -3.39. The molecular weight excluding hydrogens is 414 g/mol. The van der Waals surface area contributed by atoms with Crippen molar-refractivity contribution in [2.45, 2.75) is 13.8 Å². The van der Waals surface area contributed by atoms with Gasteiger partial charge in [-0.05, 0) is 56.4 Å². The summed E-state index contributed by atoms with van der Waals surface area (Å²) in [6, 6.07) is 12.7. The lowest BCUT2D eigenvalue weighted by Gasteiger charge is -2.30. The van der Waals surface area contributed by atoms with Gasteiger partial charge in [-0.3, -0.25) is 14.9 Å². The van der Waals surface area contributed by atoms with E-state index in [1.54, 1.807) is 31.4 Å². The summed E-state index contributed by atoms with van der Waals surface area (Å²) in [5.41, 5.74) is 2.02. The Morgan fingerprint density at radius 2 is 1.71 bits per heavy atom. The lowest BCUT2D eigenvalue weighted by Crippen LogP contribution is -2.54. The van der Waals surface area contributed by atoms with Crippen LogP contribution in [-0.2, 0) is 9.59 Å².